The summed E-state index contributed by atoms with van der Waals surface area (Å²) < 4.78 is 43.4. The van der Waals surface area contributed by atoms with Gasteiger partial charge in [0.05, 0.1) is 24.1 Å². The number of halogens is 1. The molecule has 1 unspecified atom stereocenters. The van der Waals surface area contributed by atoms with Gasteiger partial charge in [-0.25, -0.2) is 17.6 Å². The van der Waals surface area contributed by atoms with Crippen LogP contribution in [0.15, 0.2) is 48.5 Å². The highest BCUT2D eigenvalue weighted by atomic mass is 32.2. The maximum absolute atomic E-state index is 13.2. The minimum atomic E-state index is -3.82. The Morgan fingerprint density at radius 2 is 1.82 bits per heavy atom. The van der Waals surface area contributed by atoms with Gasteiger partial charge in [0.2, 0.25) is 15.9 Å². The fourth-order valence-corrected chi connectivity index (χ4v) is 3.76. The van der Waals surface area contributed by atoms with Gasteiger partial charge in [-0.05, 0) is 56.3 Å². The molecule has 0 aliphatic heterocycles. The minimum absolute atomic E-state index is 0.159. The molecule has 1 atom stereocenters. The Kier molecular flexibility index (Phi) is 6.74. The monoisotopic (exact) mass is 408 g/mol. The molecule has 0 spiro atoms. The number of carbonyl (C=O) groups is 2. The quantitative estimate of drug-likeness (QED) is 0.711. The van der Waals surface area contributed by atoms with E-state index in [0.717, 1.165) is 22.7 Å². The average Bonchev–Trinajstić information content (AvgIpc) is 2.62. The van der Waals surface area contributed by atoms with Crippen molar-refractivity contribution in [3.63, 3.8) is 0 Å². The smallest absolute Gasteiger partial charge is 0.338 e. The highest BCUT2D eigenvalue weighted by Crippen LogP contribution is 2.22. The lowest BCUT2D eigenvalue weighted by Gasteiger charge is -2.28. The van der Waals surface area contributed by atoms with Crippen LogP contribution in [0.25, 0.3) is 0 Å². The molecular weight excluding hydrogens is 387 g/mol. The van der Waals surface area contributed by atoms with Crippen LogP contribution in [-0.4, -0.2) is 39.2 Å². The molecule has 0 saturated carbocycles. The largest absolute Gasteiger partial charge is 0.462 e. The van der Waals surface area contributed by atoms with Crippen molar-refractivity contribution in [3.05, 3.63) is 59.9 Å². The molecule has 9 heteroatoms. The van der Waals surface area contributed by atoms with E-state index in [2.05, 4.69) is 5.32 Å². The first-order valence-corrected chi connectivity index (χ1v) is 10.3. The zero-order valence-corrected chi connectivity index (χ0v) is 16.5. The third-order valence-electron chi connectivity index (χ3n) is 3.81. The fourth-order valence-electron chi connectivity index (χ4n) is 2.58. The first kappa shape index (κ1) is 21.4. The molecule has 0 aromatic heterocycles. The summed E-state index contributed by atoms with van der Waals surface area (Å²) in [4.78, 5) is 24.5. The lowest BCUT2D eigenvalue weighted by atomic mass is 10.2. The first-order chi connectivity index (χ1) is 13.1. The van der Waals surface area contributed by atoms with Crippen molar-refractivity contribution < 1.29 is 27.1 Å². The van der Waals surface area contributed by atoms with Gasteiger partial charge in [-0.3, -0.25) is 9.10 Å². The van der Waals surface area contributed by atoms with Gasteiger partial charge in [0.1, 0.15) is 11.9 Å². The number of esters is 1. The summed E-state index contributed by atoms with van der Waals surface area (Å²) >= 11 is 0. The van der Waals surface area contributed by atoms with E-state index in [4.69, 9.17) is 4.74 Å². The number of nitrogens with one attached hydrogen (secondary N) is 1. The van der Waals surface area contributed by atoms with Crippen LogP contribution < -0.4 is 9.62 Å². The normalized spacial score (nSPS) is 12.1. The van der Waals surface area contributed by atoms with E-state index in [9.17, 15) is 22.4 Å². The Balaban J connectivity index is 2.25. The number of amides is 1. The number of rotatable bonds is 7. The van der Waals surface area contributed by atoms with Gasteiger partial charge in [-0.2, -0.15) is 0 Å². The predicted octanol–water partition coefficient (Wildman–Crippen LogP) is 2.80. The number of ether oxygens (including phenoxy) is 1. The SMILES string of the molecule is CCOC(=O)c1cccc(NC(=O)C(C)N(c2ccc(F)cc2)S(C)(=O)=O)c1. The van der Waals surface area contributed by atoms with Gasteiger partial charge in [0, 0.05) is 5.69 Å². The molecule has 0 aliphatic rings. The van der Waals surface area contributed by atoms with Crippen molar-refractivity contribution in [2.45, 2.75) is 19.9 Å². The zero-order valence-electron chi connectivity index (χ0n) is 15.7. The topological polar surface area (TPSA) is 92.8 Å². The molecule has 0 saturated heterocycles. The van der Waals surface area contributed by atoms with Crippen LogP contribution >= 0.6 is 0 Å². The maximum Gasteiger partial charge on any atom is 0.338 e. The highest BCUT2D eigenvalue weighted by molar-refractivity contribution is 7.92. The van der Waals surface area contributed by atoms with Crippen molar-refractivity contribution in [2.75, 3.05) is 22.5 Å². The standard InChI is InChI=1S/C19H21FN2O5S/c1-4-27-19(24)14-6-5-7-16(12-14)21-18(23)13(2)22(28(3,25)26)17-10-8-15(20)9-11-17/h5-13H,4H2,1-3H3,(H,21,23). The molecule has 0 fully saturated rings. The molecule has 150 valence electrons. The Morgan fingerprint density at radius 1 is 1.18 bits per heavy atom. The highest BCUT2D eigenvalue weighted by Gasteiger charge is 2.29. The van der Waals surface area contributed by atoms with Gasteiger partial charge >= 0.3 is 5.97 Å². The second-order valence-electron chi connectivity index (χ2n) is 6.00. The Labute approximate surface area is 163 Å². The lowest BCUT2D eigenvalue weighted by Crippen LogP contribution is -2.45. The van der Waals surface area contributed by atoms with Crippen LogP contribution in [0.1, 0.15) is 24.2 Å². The molecule has 2 aromatic carbocycles. The summed E-state index contributed by atoms with van der Waals surface area (Å²) in [6.07, 6.45) is 0.960. The van der Waals surface area contributed by atoms with Crippen molar-refractivity contribution in [1.29, 1.82) is 0 Å². The Hall–Kier alpha value is -2.94. The summed E-state index contributed by atoms with van der Waals surface area (Å²) in [6.45, 7) is 3.31. The predicted molar refractivity (Wildman–Crippen MR) is 104 cm³/mol. The number of hydrogen-bond acceptors (Lipinski definition) is 5. The third-order valence-corrected chi connectivity index (χ3v) is 5.05. The van der Waals surface area contributed by atoms with Crippen LogP contribution in [0, 0.1) is 5.82 Å². The van der Waals surface area contributed by atoms with E-state index in [-0.39, 0.29) is 17.9 Å². The van der Waals surface area contributed by atoms with Crippen LogP contribution in [0.3, 0.4) is 0 Å². The van der Waals surface area contributed by atoms with Crippen LogP contribution in [0.2, 0.25) is 0 Å². The van der Waals surface area contributed by atoms with Crippen LogP contribution in [0.5, 0.6) is 0 Å². The van der Waals surface area contributed by atoms with Crippen molar-refractivity contribution in [3.8, 4) is 0 Å². The Bertz CT molecular complexity index is 961. The number of anilines is 2. The van der Waals surface area contributed by atoms with E-state index in [0.29, 0.717) is 5.69 Å². The van der Waals surface area contributed by atoms with Crippen molar-refractivity contribution in [2.24, 2.45) is 0 Å². The molecule has 7 nitrogen and oxygen atoms in total. The van der Waals surface area contributed by atoms with E-state index in [1.165, 1.54) is 25.1 Å². The molecule has 0 radical (unpaired) electrons. The third kappa shape index (κ3) is 5.29. The molecule has 0 aliphatic carbocycles. The molecule has 28 heavy (non-hydrogen) atoms. The molecule has 1 amide bonds. The second-order valence-corrected chi connectivity index (χ2v) is 7.86. The van der Waals surface area contributed by atoms with E-state index in [1.807, 2.05) is 0 Å². The van der Waals surface area contributed by atoms with Gasteiger partial charge in [-0.15, -0.1) is 0 Å². The number of nitrogens with zero attached hydrogens (tertiary/aromatic N) is 1. The van der Waals surface area contributed by atoms with E-state index < -0.39 is 33.8 Å². The van der Waals surface area contributed by atoms with Gasteiger partial charge < -0.3 is 10.1 Å². The summed E-state index contributed by atoms with van der Waals surface area (Å²) in [5.41, 5.74) is 0.729. The fraction of sp³-hybridized carbons (Fsp3) is 0.263. The molecular formula is C19H21FN2O5S. The second kappa shape index (κ2) is 8.83. The van der Waals surface area contributed by atoms with Crippen LogP contribution in [0.4, 0.5) is 15.8 Å². The molecule has 2 rings (SSSR count). The summed E-state index contributed by atoms with van der Waals surface area (Å²) in [5.74, 6) is -1.67. The number of carbonyl (C=O) groups excluding carboxylic acids is 2. The van der Waals surface area contributed by atoms with E-state index in [1.54, 1.807) is 25.1 Å². The van der Waals surface area contributed by atoms with Crippen LogP contribution in [-0.2, 0) is 19.6 Å². The minimum Gasteiger partial charge on any atom is -0.462 e. The average molecular weight is 408 g/mol. The molecule has 1 N–H and O–H groups in total. The Morgan fingerprint density at radius 3 is 2.39 bits per heavy atom. The maximum atomic E-state index is 13.2. The summed E-state index contributed by atoms with van der Waals surface area (Å²) in [7, 11) is -3.82. The van der Waals surface area contributed by atoms with Gasteiger partial charge in [-0.1, -0.05) is 6.07 Å². The first-order valence-electron chi connectivity index (χ1n) is 8.46. The van der Waals surface area contributed by atoms with E-state index >= 15 is 0 Å². The van der Waals surface area contributed by atoms with Gasteiger partial charge in [0.25, 0.3) is 0 Å². The van der Waals surface area contributed by atoms with Gasteiger partial charge in [0.15, 0.2) is 0 Å². The number of hydrogen-bond donors (Lipinski definition) is 1. The summed E-state index contributed by atoms with van der Waals surface area (Å²) in [5, 5.41) is 2.59. The number of benzene rings is 2. The van der Waals surface area contributed by atoms with Crippen molar-refractivity contribution in [1.82, 2.24) is 0 Å². The molecule has 2 aromatic rings. The number of sulfonamides is 1. The van der Waals surface area contributed by atoms with Crippen molar-refractivity contribution >= 4 is 33.3 Å². The molecule has 0 bridgehead atoms. The zero-order chi connectivity index (χ0) is 20.9. The lowest BCUT2D eigenvalue weighted by molar-refractivity contribution is -0.116. The molecule has 0 heterocycles. The summed E-state index contributed by atoms with van der Waals surface area (Å²) in [6, 6.07) is 9.78.